The first kappa shape index (κ1) is 14.9. The molecule has 2 heteroatoms. The van der Waals surface area contributed by atoms with Crippen LogP contribution in [0.5, 0.6) is 0 Å². The molecule has 1 aromatic rings. The molecule has 2 unspecified atom stereocenters. The summed E-state index contributed by atoms with van der Waals surface area (Å²) in [5, 5.41) is 4.52. The first-order valence-corrected chi connectivity index (χ1v) is 7.95. The van der Waals surface area contributed by atoms with Gasteiger partial charge in [0.15, 0.2) is 0 Å². The lowest BCUT2D eigenvalue weighted by Crippen LogP contribution is -2.33. The van der Waals surface area contributed by atoms with Gasteiger partial charge in [0.1, 0.15) is 0 Å². The van der Waals surface area contributed by atoms with Crippen LogP contribution in [0.1, 0.15) is 56.6 Å². The number of aryl methyl sites for hydroxylation is 1. The Morgan fingerprint density at radius 2 is 2.00 bits per heavy atom. The minimum absolute atomic E-state index is 0.573. The number of benzene rings is 1. The lowest BCUT2D eigenvalue weighted by Gasteiger charge is -2.33. The minimum Gasteiger partial charge on any atom is -0.314 e. The Morgan fingerprint density at radius 3 is 2.68 bits per heavy atom. The Kier molecular flexibility index (Phi) is 5.29. The zero-order valence-electron chi connectivity index (χ0n) is 12.4. The van der Waals surface area contributed by atoms with E-state index in [4.69, 9.17) is 11.6 Å². The molecule has 2 atom stereocenters. The molecule has 106 valence electrons. The van der Waals surface area contributed by atoms with Crippen LogP contribution in [-0.4, -0.2) is 12.6 Å². The van der Waals surface area contributed by atoms with Crippen LogP contribution in [0.4, 0.5) is 0 Å². The van der Waals surface area contributed by atoms with Gasteiger partial charge in [-0.15, -0.1) is 0 Å². The SMILES string of the molecule is Cc1ccc(C2CCCCC2CNC(C)C)cc1Cl. The molecule has 0 aliphatic heterocycles. The van der Waals surface area contributed by atoms with Gasteiger partial charge < -0.3 is 5.32 Å². The van der Waals surface area contributed by atoms with Gasteiger partial charge in [-0.25, -0.2) is 0 Å². The van der Waals surface area contributed by atoms with Crippen LogP contribution in [-0.2, 0) is 0 Å². The molecule has 2 rings (SSSR count). The van der Waals surface area contributed by atoms with Crippen LogP contribution in [0.25, 0.3) is 0 Å². The predicted molar refractivity (Wildman–Crippen MR) is 84.0 cm³/mol. The third kappa shape index (κ3) is 3.97. The van der Waals surface area contributed by atoms with Gasteiger partial charge in [0.05, 0.1) is 0 Å². The van der Waals surface area contributed by atoms with E-state index in [0.29, 0.717) is 12.0 Å². The van der Waals surface area contributed by atoms with Crippen LogP contribution in [0, 0.1) is 12.8 Å². The summed E-state index contributed by atoms with van der Waals surface area (Å²) in [4.78, 5) is 0. The lowest BCUT2D eigenvalue weighted by molar-refractivity contribution is 0.289. The highest BCUT2D eigenvalue weighted by atomic mass is 35.5. The zero-order valence-corrected chi connectivity index (χ0v) is 13.1. The van der Waals surface area contributed by atoms with Crippen molar-refractivity contribution in [3.05, 3.63) is 34.3 Å². The largest absolute Gasteiger partial charge is 0.314 e. The summed E-state index contributed by atoms with van der Waals surface area (Å²) in [5.74, 6) is 1.44. The molecule has 0 heterocycles. The fourth-order valence-corrected chi connectivity index (χ4v) is 3.31. The van der Waals surface area contributed by atoms with Gasteiger partial charge >= 0.3 is 0 Å². The summed E-state index contributed by atoms with van der Waals surface area (Å²) in [6.07, 6.45) is 5.38. The van der Waals surface area contributed by atoms with Gasteiger partial charge in [0, 0.05) is 11.1 Å². The van der Waals surface area contributed by atoms with Gasteiger partial charge in [0.2, 0.25) is 0 Å². The number of hydrogen-bond donors (Lipinski definition) is 1. The van der Waals surface area contributed by atoms with E-state index in [0.717, 1.165) is 17.5 Å². The van der Waals surface area contributed by atoms with Crippen molar-refractivity contribution < 1.29 is 0 Å². The molecule has 1 N–H and O–H groups in total. The number of halogens is 1. The molecule has 1 saturated carbocycles. The average molecular weight is 280 g/mol. The van der Waals surface area contributed by atoms with Crippen molar-refractivity contribution in [3.63, 3.8) is 0 Å². The average Bonchev–Trinajstić information content (AvgIpc) is 2.40. The highest BCUT2D eigenvalue weighted by molar-refractivity contribution is 6.31. The van der Waals surface area contributed by atoms with Crippen LogP contribution >= 0.6 is 11.6 Å². The first-order valence-electron chi connectivity index (χ1n) is 7.57. The molecule has 0 amide bonds. The quantitative estimate of drug-likeness (QED) is 0.825. The van der Waals surface area contributed by atoms with Gasteiger partial charge in [-0.2, -0.15) is 0 Å². The second-order valence-electron chi connectivity index (χ2n) is 6.22. The van der Waals surface area contributed by atoms with Crippen molar-refractivity contribution in [2.24, 2.45) is 5.92 Å². The minimum atomic E-state index is 0.573. The van der Waals surface area contributed by atoms with Crippen molar-refractivity contribution in [2.75, 3.05) is 6.54 Å². The van der Waals surface area contributed by atoms with E-state index < -0.39 is 0 Å². The molecule has 0 saturated heterocycles. The molecule has 1 fully saturated rings. The fourth-order valence-electron chi connectivity index (χ4n) is 3.12. The van der Waals surface area contributed by atoms with Crippen molar-refractivity contribution >= 4 is 11.6 Å². The highest BCUT2D eigenvalue weighted by Crippen LogP contribution is 2.38. The lowest BCUT2D eigenvalue weighted by atomic mass is 9.75. The maximum Gasteiger partial charge on any atom is 0.0438 e. The van der Waals surface area contributed by atoms with E-state index in [1.54, 1.807) is 0 Å². The van der Waals surface area contributed by atoms with Gasteiger partial charge in [-0.3, -0.25) is 0 Å². The van der Waals surface area contributed by atoms with Gasteiger partial charge in [-0.05, 0) is 55.3 Å². The number of nitrogens with one attached hydrogen (secondary N) is 1. The predicted octanol–water partition coefficient (Wildman–Crippen LogP) is 4.92. The van der Waals surface area contributed by atoms with E-state index in [1.807, 2.05) is 0 Å². The summed E-state index contributed by atoms with van der Waals surface area (Å²) in [7, 11) is 0. The monoisotopic (exact) mass is 279 g/mol. The molecule has 0 aromatic heterocycles. The van der Waals surface area contributed by atoms with Gasteiger partial charge in [0.25, 0.3) is 0 Å². The Morgan fingerprint density at radius 1 is 1.26 bits per heavy atom. The third-order valence-corrected chi connectivity index (χ3v) is 4.73. The van der Waals surface area contributed by atoms with Crippen LogP contribution in [0.15, 0.2) is 18.2 Å². The second kappa shape index (κ2) is 6.76. The van der Waals surface area contributed by atoms with E-state index in [1.165, 1.54) is 36.8 Å². The first-order chi connectivity index (χ1) is 9.08. The van der Waals surface area contributed by atoms with Crippen LogP contribution < -0.4 is 5.32 Å². The van der Waals surface area contributed by atoms with Crippen molar-refractivity contribution in [1.82, 2.24) is 5.32 Å². The van der Waals surface area contributed by atoms with Crippen molar-refractivity contribution in [1.29, 1.82) is 0 Å². The van der Waals surface area contributed by atoms with E-state index in [2.05, 4.69) is 44.3 Å². The zero-order chi connectivity index (χ0) is 13.8. The topological polar surface area (TPSA) is 12.0 Å². The Bertz CT molecular complexity index is 414. The van der Waals surface area contributed by atoms with E-state index >= 15 is 0 Å². The van der Waals surface area contributed by atoms with Gasteiger partial charge in [-0.1, -0.05) is 50.4 Å². The van der Waals surface area contributed by atoms with Crippen molar-refractivity contribution in [2.45, 2.75) is 58.4 Å². The fraction of sp³-hybridized carbons (Fsp3) is 0.647. The summed E-state index contributed by atoms with van der Waals surface area (Å²) in [6.45, 7) is 7.65. The molecular weight excluding hydrogens is 254 g/mol. The number of hydrogen-bond acceptors (Lipinski definition) is 1. The summed E-state index contributed by atoms with van der Waals surface area (Å²) >= 11 is 6.29. The highest BCUT2D eigenvalue weighted by Gasteiger charge is 2.26. The molecule has 0 spiro atoms. The molecule has 0 bridgehead atoms. The van der Waals surface area contributed by atoms with Crippen molar-refractivity contribution in [3.8, 4) is 0 Å². The third-order valence-electron chi connectivity index (χ3n) is 4.32. The normalized spacial score (nSPS) is 23.8. The summed E-state index contributed by atoms with van der Waals surface area (Å²) < 4.78 is 0. The standard InChI is InChI=1S/C17H26ClN/c1-12(2)19-11-15-6-4-5-7-16(15)14-9-8-13(3)17(18)10-14/h8-10,12,15-16,19H,4-7,11H2,1-3H3. The maximum absolute atomic E-state index is 6.29. The molecule has 0 radical (unpaired) electrons. The van der Waals surface area contributed by atoms with Crippen LogP contribution in [0.3, 0.4) is 0 Å². The Balaban J connectivity index is 2.11. The summed E-state index contributed by atoms with van der Waals surface area (Å²) in [5.41, 5.74) is 2.61. The molecule has 19 heavy (non-hydrogen) atoms. The van der Waals surface area contributed by atoms with E-state index in [9.17, 15) is 0 Å². The Hall–Kier alpha value is -0.530. The maximum atomic E-state index is 6.29. The van der Waals surface area contributed by atoms with E-state index in [-0.39, 0.29) is 0 Å². The smallest absolute Gasteiger partial charge is 0.0438 e. The van der Waals surface area contributed by atoms with Crippen LogP contribution in [0.2, 0.25) is 5.02 Å². The molecule has 1 nitrogen and oxygen atoms in total. The second-order valence-corrected chi connectivity index (χ2v) is 6.63. The molecule has 1 aromatic carbocycles. The molecular formula is C17H26ClN. The Labute approximate surface area is 122 Å². The molecule has 1 aliphatic carbocycles. The summed E-state index contributed by atoms with van der Waals surface area (Å²) in [6, 6.07) is 7.21. The molecule has 1 aliphatic rings. The number of rotatable bonds is 4.